The summed E-state index contributed by atoms with van der Waals surface area (Å²) in [6.45, 7) is 2.02. The maximum Gasteiger partial charge on any atom is 0.250 e. The molecule has 0 unspecified atom stereocenters. The Kier molecular flexibility index (Phi) is 3.02. The molecule has 2 rings (SSSR count). The van der Waals surface area contributed by atoms with Gasteiger partial charge in [-0.05, 0) is 6.92 Å². The molecule has 92 valence electrons. The second-order valence-corrected chi connectivity index (χ2v) is 6.15. The van der Waals surface area contributed by atoms with Crippen LogP contribution >= 0.6 is 11.3 Å². The number of aryl methyl sites for hydroxylation is 1. The molecule has 0 aliphatic rings. The summed E-state index contributed by atoms with van der Waals surface area (Å²) in [6, 6.07) is 0. The molecule has 2 N–H and O–H groups in total. The molecular formula is C9H10FN3O2S2. The van der Waals surface area contributed by atoms with Crippen LogP contribution in [0.4, 0.5) is 4.39 Å². The molecule has 2 aromatic rings. The van der Waals surface area contributed by atoms with Crippen molar-refractivity contribution in [3.8, 4) is 0 Å². The third kappa shape index (κ3) is 2.38. The molecular weight excluding hydrogens is 265 g/mol. The maximum atomic E-state index is 13.8. The van der Waals surface area contributed by atoms with Crippen LogP contribution in [0, 0.1) is 12.7 Å². The molecule has 0 saturated heterocycles. The number of imidazole rings is 1. The molecule has 0 aliphatic heterocycles. The van der Waals surface area contributed by atoms with Crippen molar-refractivity contribution in [3.05, 3.63) is 35.0 Å². The van der Waals surface area contributed by atoms with Crippen molar-refractivity contribution < 1.29 is 12.8 Å². The lowest BCUT2D eigenvalue weighted by atomic mass is 10.3. The Hall–Kier alpha value is -1.25. The van der Waals surface area contributed by atoms with Crippen LogP contribution in [0.5, 0.6) is 0 Å². The zero-order valence-corrected chi connectivity index (χ0v) is 10.6. The first-order chi connectivity index (χ1) is 7.89. The minimum Gasteiger partial charge on any atom is -0.331 e. The quantitative estimate of drug-likeness (QED) is 0.910. The number of nitrogens with zero attached hydrogens (tertiary/aromatic N) is 2. The van der Waals surface area contributed by atoms with Crippen molar-refractivity contribution in [1.29, 1.82) is 0 Å². The summed E-state index contributed by atoms with van der Waals surface area (Å²) in [7, 11) is -3.98. The van der Waals surface area contributed by atoms with Crippen LogP contribution in [-0.4, -0.2) is 18.0 Å². The van der Waals surface area contributed by atoms with Gasteiger partial charge in [-0.3, -0.25) is 0 Å². The van der Waals surface area contributed by atoms with Gasteiger partial charge in [0.15, 0.2) is 10.0 Å². The highest BCUT2D eigenvalue weighted by molar-refractivity contribution is 7.91. The summed E-state index contributed by atoms with van der Waals surface area (Å²) >= 11 is 0.789. The van der Waals surface area contributed by atoms with E-state index in [1.807, 2.05) is 0 Å². The van der Waals surface area contributed by atoms with Gasteiger partial charge in [-0.15, -0.1) is 11.3 Å². The smallest absolute Gasteiger partial charge is 0.250 e. The monoisotopic (exact) mass is 275 g/mol. The van der Waals surface area contributed by atoms with E-state index in [-0.39, 0.29) is 6.54 Å². The van der Waals surface area contributed by atoms with Crippen LogP contribution < -0.4 is 5.14 Å². The van der Waals surface area contributed by atoms with E-state index in [1.54, 1.807) is 23.9 Å². The molecule has 2 aromatic heterocycles. The van der Waals surface area contributed by atoms with Gasteiger partial charge in [0.2, 0.25) is 0 Å². The van der Waals surface area contributed by atoms with Gasteiger partial charge in [-0.1, -0.05) is 0 Å². The number of rotatable bonds is 3. The van der Waals surface area contributed by atoms with Crippen molar-refractivity contribution in [2.24, 2.45) is 5.14 Å². The number of primary sulfonamides is 1. The number of hydrogen-bond donors (Lipinski definition) is 1. The van der Waals surface area contributed by atoms with Crippen LogP contribution in [0.1, 0.15) is 11.4 Å². The van der Waals surface area contributed by atoms with Crippen LogP contribution in [0.25, 0.3) is 0 Å². The number of sulfonamides is 1. The van der Waals surface area contributed by atoms with Gasteiger partial charge in [-0.2, -0.15) is 0 Å². The van der Waals surface area contributed by atoms with Gasteiger partial charge < -0.3 is 4.57 Å². The van der Waals surface area contributed by atoms with Gasteiger partial charge in [0.25, 0.3) is 10.0 Å². The van der Waals surface area contributed by atoms with Gasteiger partial charge in [0.1, 0.15) is 5.82 Å². The Balaban J connectivity index is 2.37. The first-order valence-electron chi connectivity index (χ1n) is 4.66. The second kappa shape index (κ2) is 4.21. The number of nitrogens with two attached hydrogens (primary N) is 1. The Labute approximate surface area is 102 Å². The Bertz CT molecular complexity index is 645. The van der Waals surface area contributed by atoms with E-state index in [0.29, 0.717) is 5.56 Å². The Morgan fingerprint density at radius 3 is 2.76 bits per heavy atom. The van der Waals surface area contributed by atoms with Gasteiger partial charge in [0, 0.05) is 23.3 Å². The fourth-order valence-electron chi connectivity index (χ4n) is 1.41. The third-order valence-corrected chi connectivity index (χ3v) is 4.77. The molecule has 0 aromatic carbocycles. The number of thiophene rings is 1. The van der Waals surface area contributed by atoms with Crippen molar-refractivity contribution in [2.45, 2.75) is 17.7 Å². The van der Waals surface area contributed by atoms with Crippen LogP contribution in [0.15, 0.2) is 22.0 Å². The zero-order chi connectivity index (χ0) is 12.6. The van der Waals surface area contributed by atoms with Gasteiger partial charge in [-0.25, -0.2) is 22.9 Å². The van der Waals surface area contributed by atoms with Crippen molar-refractivity contribution >= 4 is 21.4 Å². The number of hydrogen-bond acceptors (Lipinski definition) is 4. The first-order valence-corrected chi connectivity index (χ1v) is 7.08. The van der Waals surface area contributed by atoms with Crippen molar-refractivity contribution in [1.82, 2.24) is 9.55 Å². The van der Waals surface area contributed by atoms with Gasteiger partial charge in [0.05, 0.1) is 6.54 Å². The van der Waals surface area contributed by atoms with E-state index >= 15 is 0 Å². The molecule has 0 radical (unpaired) electrons. The number of aromatic nitrogens is 2. The van der Waals surface area contributed by atoms with E-state index in [1.165, 1.54) is 5.38 Å². The molecule has 0 atom stereocenters. The molecule has 0 bridgehead atoms. The fraction of sp³-hybridized carbons (Fsp3) is 0.222. The predicted octanol–water partition coefficient (Wildman–Crippen LogP) is 1.09. The largest absolute Gasteiger partial charge is 0.331 e. The third-order valence-electron chi connectivity index (χ3n) is 2.29. The molecule has 0 aliphatic carbocycles. The molecule has 8 heteroatoms. The highest BCUT2D eigenvalue weighted by atomic mass is 32.2. The van der Waals surface area contributed by atoms with Crippen LogP contribution in [0.3, 0.4) is 0 Å². The summed E-state index contributed by atoms with van der Waals surface area (Å²) in [5.41, 5.74) is 0.292. The summed E-state index contributed by atoms with van der Waals surface area (Å²) in [6.07, 6.45) is 3.29. The van der Waals surface area contributed by atoms with E-state index < -0.39 is 20.0 Å². The topological polar surface area (TPSA) is 78.0 Å². The minimum atomic E-state index is -3.98. The Morgan fingerprint density at radius 1 is 1.59 bits per heavy atom. The van der Waals surface area contributed by atoms with E-state index in [0.717, 1.165) is 17.2 Å². The van der Waals surface area contributed by atoms with Crippen molar-refractivity contribution in [3.63, 3.8) is 0 Å². The summed E-state index contributed by atoms with van der Waals surface area (Å²) in [4.78, 5) is 4.00. The molecule has 0 saturated carbocycles. The minimum absolute atomic E-state index is 0.240. The van der Waals surface area contributed by atoms with Crippen LogP contribution in [0.2, 0.25) is 0 Å². The average molecular weight is 275 g/mol. The van der Waals surface area contributed by atoms with E-state index in [9.17, 15) is 12.8 Å². The van der Waals surface area contributed by atoms with E-state index in [4.69, 9.17) is 5.14 Å². The molecule has 5 nitrogen and oxygen atoms in total. The molecule has 0 fully saturated rings. The zero-order valence-electron chi connectivity index (χ0n) is 8.92. The lowest BCUT2D eigenvalue weighted by Crippen LogP contribution is -2.12. The molecule has 2 heterocycles. The maximum absolute atomic E-state index is 13.8. The van der Waals surface area contributed by atoms with Gasteiger partial charge >= 0.3 is 0 Å². The Morgan fingerprint density at radius 2 is 2.29 bits per heavy atom. The summed E-state index contributed by atoms with van der Waals surface area (Å²) < 4.78 is 37.2. The van der Waals surface area contributed by atoms with Crippen molar-refractivity contribution in [2.75, 3.05) is 0 Å². The summed E-state index contributed by atoms with van der Waals surface area (Å²) in [5.74, 6) is -0.0432. The van der Waals surface area contributed by atoms with Crippen LogP contribution in [-0.2, 0) is 16.6 Å². The highest BCUT2D eigenvalue weighted by Crippen LogP contribution is 2.25. The lowest BCUT2D eigenvalue weighted by Gasteiger charge is -2.03. The second-order valence-electron chi connectivity index (χ2n) is 3.51. The SMILES string of the molecule is Cc1nccn1Cc1csc(S(N)(=O)=O)c1F. The standard InChI is InChI=1S/C9H10FN3O2S2/c1-6-12-2-3-13(6)4-7-5-16-9(8(7)10)17(11,14)15/h2-3,5H,4H2,1H3,(H2,11,14,15). The molecule has 17 heavy (non-hydrogen) atoms. The lowest BCUT2D eigenvalue weighted by molar-refractivity contribution is 0.564. The fourth-order valence-corrected chi connectivity index (χ4v) is 3.14. The highest BCUT2D eigenvalue weighted by Gasteiger charge is 2.20. The van der Waals surface area contributed by atoms with E-state index in [2.05, 4.69) is 4.98 Å². The molecule has 0 spiro atoms. The normalized spacial score (nSPS) is 11.9. The predicted molar refractivity (Wildman–Crippen MR) is 61.7 cm³/mol. The average Bonchev–Trinajstić information content (AvgIpc) is 2.75. The molecule has 0 amide bonds. The first kappa shape index (κ1) is 12.2. The summed E-state index contributed by atoms with van der Waals surface area (Å²) in [5, 5.41) is 6.35. The number of halogens is 1.